The van der Waals surface area contributed by atoms with E-state index in [0.29, 0.717) is 23.6 Å². The number of benzene rings is 1. The normalized spacial score (nSPS) is 13.9. The largest absolute Gasteiger partial charge is 0.339 e. The maximum Gasteiger partial charge on any atom is 0.252 e. The van der Waals surface area contributed by atoms with Crippen LogP contribution in [0.1, 0.15) is 23.0 Å². The number of halogens is 2. The highest BCUT2D eigenvalue weighted by Gasteiger charge is 2.37. The molecule has 5 nitrogen and oxygen atoms in total. The van der Waals surface area contributed by atoms with Crippen molar-refractivity contribution in [1.29, 1.82) is 0 Å². The summed E-state index contributed by atoms with van der Waals surface area (Å²) in [4.78, 5) is 12.5. The smallest absolute Gasteiger partial charge is 0.252 e. The van der Waals surface area contributed by atoms with Gasteiger partial charge in [0.25, 0.3) is 5.91 Å². The van der Waals surface area contributed by atoms with Crippen LogP contribution in [0.3, 0.4) is 0 Å². The molecule has 1 atom stereocenters. The highest BCUT2D eigenvalue weighted by Crippen LogP contribution is 2.32. The molecule has 0 fully saturated rings. The molecule has 8 heteroatoms. The van der Waals surface area contributed by atoms with E-state index in [9.17, 15) is 4.79 Å². The highest BCUT2D eigenvalue weighted by molar-refractivity contribution is 9.24. The van der Waals surface area contributed by atoms with Gasteiger partial charge in [0, 0.05) is 11.3 Å². The monoisotopic (exact) mass is 446 g/mol. The molecule has 0 saturated heterocycles. The summed E-state index contributed by atoms with van der Waals surface area (Å²) in [6, 6.07) is 9.07. The summed E-state index contributed by atoms with van der Waals surface area (Å²) >= 11 is 11.2. The number of nitrogens with one attached hydrogen (secondary N) is 1. The summed E-state index contributed by atoms with van der Waals surface area (Å²) in [5.74, 6) is 0.498. The van der Waals surface area contributed by atoms with E-state index in [4.69, 9.17) is 0 Å². The summed E-state index contributed by atoms with van der Waals surface area (Å²) in [7, 11) is 0. The van der Waals surface area contributed by atoms with Gasteiger partial charge in [-0.1, -0.05) is 55.3 Å². The molecular formula is C14H16Br2N4OS. The third-order valence-corrected chi connectivity index (χ3v) is 5.28. The minimum atomic E-state index is -0.748. The molecule has 2 aromatic rings. The third-order valence-electron chi connectivity index (χ3n) is 3.25. The number of aryl methyl sites for hydroxylation is 1. The lowest BCUT2D eigenvalue weighted by Gasteiger charge is -2.30. The number of nitrogens with zero attached hydrogens (tertiary/aromatic N) is 3. The van der Waals surface area contributed by atoms with Gasteiger partial charge in [-0.25, -0.2) is 0 Å². The predicted octanol–water partition coefficient (Wildman–Crippen LogP) is 2.97. The Labute approximate surface area is 151 Å². The molecule has 1 aromatic heterocycles. The third kappa shape index (κ3) is 3.91. The molecule has 1 aromatic carbocycles. The number of hydrogen-bond acceptors (Lipinski definition) is 4. The average Bonchev–Trinajstić information content (AvgIpc) is 2.97. The molecule has 0 saturated carbocycles. The van der Waals surface area contributed by atoms with E-state index in [-0.39, 0.29) is 9.64 Å². The Balaban J connectivity index is 2.26. The molecule has 1 unspecified atom stereocenters. The quantitative estimate of drug-likeness (QED) is 0.528. The first-order chi connectivity index (χ1) is 10.5. The van der Waals surface area contributed by atoms with Crippen molar-refractivity contribution in [3.63, 3.8) is 0 Å². The van der Waals surface area contributed by atoms with E-state index in [2.05, 4.69) is 60.1 Å². The predicted molar refractivity (Wildman–Crippen MR) is 96.8 cm³/mol. The van der Waals surface area contributed by atoms with Gasteiger partial charge in [0.2, 0.25) is 0 Å². The molecule has 0 spiro atoms. The van der Waals surface area contributed by atoms with Crippen molar-refractivity contribution in [2.75, 3.05) is 5.75 Å². The molecule has 0 aliphatic heterocycles. The van der Waals surface area contributed by atoms with Gasteiger partial charge in [0.05, 0.1) is 16.5 Å². The lowest BCUT2D eigenvalue weighted by atomic mass is 10.0. The Morgan fingerprint density at radius 2 is 2.09 bits per heavy atom. The fourth-order valence-electron chi connectivity index (χ4n) is 1.88. The number of alkyl halides is 2. The summed E-state index contributed by atoms with van der Waals surface area (Å²) in [6.45, 7) is 2.55. The first kappa shape index (κ1) is 17.5. The average molecular weight is 448 g/mol. The minimum absolute atomic E-state index is 0.171. The fraction of sp³-hybridized carbons (Fsp3) is 0.357. The van der Waals surface area contributed by atoms with Gasteiger partial charge in [-0.15, -0.1) is 5.10 Å². The van der Waals surface area contributed by atoms with Crippen molar-refractivity contribution in [3.05, 3.63) is 47.8 Å². The second kappa shape index (κ2) is 7.61. The molecule has 1 N–H and O–H groups in total. The second-order valence-corrected chi connectivity index (χ2v) is 8.42. The lowest BCUT2D eigenvalue weighted by Crippen LogP contribution is -2.48. The van der Waals surface area contributed by atoms with E-state index in [1.807, 2.05) is 31.3 Å². The van der Waals surface area contributed by atoms with Crippen LogP contribution in [0.15, 0.2) is 36.5 Å². The molecule has 22 heavy (non-hydrogen) atoms. The van der Waals surface area contributed by atoms with Crippen LogP contribution in [0.5, 0.6) is 0 Å². The Kier molecular flexibility index (Phi) is 6.05. The molecule has 1 heterocycles. The highest BCUT2D eigenvalue weighted by atomic mass is 79.9. The number of carbonyl (C=O) groups excluding carboxylic acids is 1. The van der Waals surface area contributed by atoms with Gasteiger partial charge < -0.3 is 5.32 Å². The molecule has 0 bridgehead atoms. The van der Waals surface area contributed by atoms with Crippen LogP contribution >= 0.6 is 44.5 Å². The number of thiol groups is 1. The molecule has 0 aliphatic carbocycles. The summed E-state index contributed by atoms with van der Waals surface area (Å²) in [5, 5.41) is 11.3. The second-order valence-electron chi connectivity index (χ2n) is 4.91. The molecule has 1 amide bonds. The van der Waals surface area contributed by atoms with Crippen LogP contribution in [-0.4, -0.2) is 30.4 Å². The number of rotatable bonds is 6. The van der Waals surface area contributed by atoms with Crippen molar-refractivity contribution < 1.29 is 4.79 Å². The van der Waals surface area contributed by atoms with Gasteiger partial charge in [0.1, 0.15) is 11.2 Å². The van der Waals surface area contributed by atoms with E-state index >= 15 is 0 Å². The molecular weight excluding hydrogens is 432 g/mol. The van der Waals surface area contributed by atoms with E-state index in [1.54, 1.807) is 16.8 Å². The van der Waals surface area contributed by atoms with Crippen LogP contribution in [0.2, 0.25) is 0 Å². The van der Waals surface area contributed by atoms with Crippen LogP contribution in [0, 0.1) is 0 Å². The Hall–Kier alpha value is -0.860. The van der Waals surface area contributed by atoms with Gasteiger partial charge >= 0.3 is 0 Å². The number of aromatic nitrogens is 3. The minimum Gasteiger partial charge on any atom is -0.339 e. The first-order valence-electron chi connectivity index (χ1n) is 6.64. The summed E-state index contributed by atoms with van der Waals surface area (Å²) < 4.78 is 1.50. The van der Waals surface area contributed by atoms with E-state index in [1.165, 1.54) is 0 Å². The van der Waals surface area contributed by atoms with Crippen LogP contribution in [0.25, 0.3) is 0 Å². The molecule has 0 aliphatic rings. The summed E-state index contributed by atoms with van der Waals surface area (Å²) in [6.07, 6.45) is 1.82. The summed E-state index contributed by atoms with van der Waals surface area (Å²) in [5.41, 5.74) is 0.510. The zero-order valence-corrected chi connectivity index (χ0v) is 16.0. The zero-order chi connectivity index (χ0) is 16.2. The maximum atomic E-state index is 12.5. The van der Waals surface area contributed by atoms with Crippen LogP contribution in [0.4, 0.5) is 0 Å². The Morgan fingerprint density at radius 3 is 2.68 bits per heavy atom. The van der Waals surface area contributed by atoms with Crippen molar-refractivity contribution in [1.82, 2.24) is 20.3 Å². The van der Waals surface area contributed by atoms with Gasteiger partial charge in [0.15, 0.2) is 0 Å². The van der Waals surface area contributed by atoms with Crippen LogP contribution in [-0.2, 0) is 12.1 Å². The Morgan fingerprint density at radius 1 is 1.41 bits per heavy atom. The number of carbonyl (C=O) groups is 1. The lowest BCUT2D eigenvalue weighted by molar-refractivity contribution is 0.0910. The molecule has 0 radical (unpaired) electrons. The topological polar surface area (TPSA) is 59.8 Å². The number of amides is 1. The van der Waals surface area contributed by atoms with E-state index in [0.717, 1.165) is 0 Å². The van der Waals surface area contributed by atoms with E-state index < -0.39 is 5.54 Å². The standard InChI is InChI=1S/C14H16Br2N4OS/c1-14(13(15)16,11-9-20(7-8-22)19-18-11)17-12(21)10-5-3-2-4-6-10/h2-6,9,13,22H,7-8H2,1H3,(H,17,21). The fourth-order valence-corrected chi connectivity index (χ4v) is 2.78. The van der Waals surface area contributed by atoms with Crippen molar-refractivity contribution >= 4 is 50.4 Å². The molecule has 118 valence electrons. The maximum absolute atomic E-state index is 12.5. The van der Waals surface area contributed by atoms with Gasteiger partial charge in [-0.2, -0.15) is 12.6 Å². The zero-order valence-electron chi connectivity index (χ0n) is 11.9. The SMILES string of the molecule is CC(NC(=O)c1ccccc1)(c1cn(CCS)nn1)C(Br)Br. The number of hydrogen-bond donors (Lipinski definition) is 2. The van der Waals surface area contributed by atoms with Crippen molar-refractivity contribution in [3.8, 4) is 0 Å². The van der Waals surface area contributed by atoms with Crippen molar-refractivity contribution in [2.45, 2.75) is 22.7 Å². The van der Waals surface area contributed by atoms with Crippen molar-refractivity contribution in [2.24, 2.45) is 0 Å². The van der Waals surface area contributed by atoms with Crippen LogP contribution < -0.4 is 5.32 Å². The molecule has 2 rings (SSSR count). The van der Waals surface area contributed by atoms with Gasteiger partial charge in [-0.3, -0.25) is 9.48 Å². The Bertz CT molecular complexity index is 635. The first-order valence-corrected chi connectivity index (χ1v) is 9.11. The van der Waals surface area contributed by atoms with Gasteiger partial charge in [-0.05, 0) is 19.1 Å².